The molecule has 0 amide bonds. The van der Waals surface area contributed by atoms with E-state index in [1.807, 2.05) is 0 Å². The van der Waals surface area contributed by atoms with Crippen molar-refractivity contribution in [3.05, 3.63) is 0 Å². The van der Waals surface area contributed by atoms with Crippen LogP contribution < -0.4 is 0 Å². The molecule has 1 saturated heterocycles. The zero-order chi connectivity index (χ0) is 8.48. The molecule has 0 aromatic carbocycles. The average molecular weight is 164 g/mol. The Morgan fingerprint density at radius 2 is 2.09 bits per heavy atom. The van der Waals surface area contributed by atoms with Gasteiger partial charge in [-0.1, -0.05) is 0 Å². The molecule has 1 aliphatic heterocycles. The van der Waals surface area contributed by atoms with Gasteiger partial charge in [-0.3, -0.25) is 0 Å². The predicted octanol–water partition coefficient (Wildman–Crippen LogP) is 1.08. The summed E-state index contributed by atoms with van der Waals surface area (Å²) in [6, 6.07) is 0. The smallest absolute Gasteiger partial charge is 0.189 e. The highest BCUT2D eigenvalue weighted by atomic mass is 19.1. The van der Waals surface area contributed by atoms with Crippen LogP contribution in [0.5, 0.6) is 0 Å². The van der Waals surface area contributed by atoms with E-state index < -0.39 is 24.9 Å². The van der Waals surface area contributed by atoms with E-state index in [0.29, 0.717) is 0 Å². The summed E-state index contributed by atoms with van der Waals surface area (Å²) < 4.78 is 27.5. The standard InChI is InChI=1S/C7H13FO3/c1-7(2)10-5(4-8)6(9-3)11-7/h5-6H,4H2,1-3H3/t5-,6-/m1/s1. The molecule has 3 nitrogen and oxygen atoms in total. The third-order valence-electron chi connectivity index (χ3n) is 1.52. The van der Waals surface area contributed by atoms with Crippen LogP contribution in [0.25, 0.3) is 0 Å². The van der Waals surface area contributed by atoms with Gasteiger partial charge in [-0.25, -0.2) is 4.39 Å². The van der Waals surface area contributed by atoms with Crippen molar-refractivity contribution < 1.29 is 18.6 Å². The fraction of sp³-hybridized carbons (Fsp3) is 1.00. The monoisotopic (exact) mass is 164 g/mol. The quantitative estimate of drug-likeness (QED) is 0.611. The lowest BCUT2D eigenvalue weighted by molar-refractivity contribution is -0.182. The zero-order valence-corrected chi connectivity index (χ0v) is 6.96. The fourth-order valence-corrected chi connectivity index (χ4v) is 1.11. The molecule has 66 valence electrons. The Balaban J connectivity index is 2.55. The number of hydrogen-bond donors (Lipinski definition) is 0. The van der Waals surface area contributed by atoms with Crippen LogP contribution in [0.15, 0.2) is 0 Å². The molecule has 4 heteroatoms. The molecule has 0 aliphatic carbocycles. The molecule has 0 bridgehead atoms. The molecule has 0 aromatic rings. The molecule has 1 aliphatic rings. The van der Waals surface area contributed by atoms with Crippen LogP contribution in [0.2, 0.25) is 0 Å². The van der Waals surface area contributed by atoms with E-state index in [2.05, 4.69) is 0 Å². The molecule has 0 spiro atoms. The van der Waals surface area contributed by atoms with Crippen LogP contribution >= 0.6 is 0 Å². The lowest BCUT2D eigenvalue weighted by Crippen LogP contribution is -2.25. The molecule has 1 heterocycles. The SMILES string of the molecule is CO[C@@H]1OC(C)(C)O[C@@H]1CF. The molecule has 0 N–H and O–H groups in total. The van der Waals surface area contributed by atoms with Crippen molar-refractivity contribution in [1.82, 2.24) is 0 Å². The zero-order valence-electron chi connectivity index (χ0n) is 6.96. The van der Waals surface area contributed by atoms with Gasteiger partial charge in [0.15, 0.2) is 12.1 Å². The summed E-state index contributed by atoms with van der Waals surface area (Å²) >= 11 is 0. The molecule has 1 fully saturated rings. The van der Waals surface area contributed by atoms with Gasteiger partial charge in [0.25, 0.3) is 0 Å². The Labute approximate surface area is 65.4 Å². The van der Waals surface area contributed by atoms with Crippen molar-refractivity contribution in [1.29, 1.82) is 0 Å². The molecule has 2 atom stereocenters. The van der Waals surface area contributed by atoms with E-state index in [-0.39, 0.29) is 0 Å². The van der Waals surface area contributed by atoms with Crippen LogP contribution in [-0.2, 0) is 14.2 Å². The molecule has 1 rings (SSSR count). The first kappa shape index (κ1) is 8.90. The first-order chi connectivity index (χ1) is 5.09. The van der Waals surface area contributed by atoms with Gasteiger partial charge in [-0.15, -0.1) is 0 Å². The van der Waals surface area contributed by atoms with Gasteiger partial charge in [-0.05, 0) is 13.8 Å². The van der Waals surface area contributed by atoms with E-state index in [4.69, 9.17) is 14.2 Å². The van der Waals surface area contributed by atoms with Crippen molar-refractivity contribution in [2.45, 2.75) is 32.0 Å². The highest BCUT2D eigenvalue weighted by Crippen LogP contribution is 2.28. The second kappa shape index (κ2) is 3.05. The summed E-state index contributed by atoms with van der Waals surface area (Å²) in [5.41, 5.74) is 0. The van der Waals surface area contributed by atoms with Crippen LogP contribution in [0, 0.1) is 0 Å². The normalized spacial score (nSPS) is 36.0. The van der Waals surface area contributed by atoms with Gasteiger partial charge >= 0.3 is 0 Å². The molecular formula is C7H13FO3. The number of rotatable bonds is 2. The first-order valence-electron chi connectivity index (χ1n) is 3.53. The minimum absolute atomic E-state index is 0.574. The largest absolute Gasteiger partial charge is 0.353 e. The van der Waals surface area contributed by atoms with Crippen molar-refractivity contribution in [2.75, 3.05) is 13.8 Å². The summed E-state index contributed by atoms with van der Waals surface area (Å²) in [5.74, 6) is -0.725. The Bertz CT molecular complexity index is 124. The lowest BCUT2D eigenvalue weighted by atomic mass is 10.4. The summed E-state index contributed by atoms with van der Waals surface area (Å²) in [7, 11) is 1.47. The number of methoxy groups -OCH3 is 1. The van der Waals surface area contributed by atoms with Gasteiger partial charge in [0, 0.05) is 7.11 Å². The second-order valence-corrected chi connectivity index (χ2v) is 2.93. The van der Waals surface area contributed by atoms with Crippen LogP contribution in [0.4, 0.5) is 4.39 Å². The lowest BCUT2D eigenvalue weighted by Gasteiger charge is -2.15. The number of ether oxygens (including phenoxy) is 3. The van der Waals surface area contributed by atoms with E-state index in [1.54, 1.807) is 13.8 Å². The van der Waals surface area contributed by atoms with Gasteiger partial charge in [0.05, 0.1) is 0 Å². The Morgan fingerprint density at radius 3 is 2.45 bits per heavy atom. The minimum Gasteiger partial charge on any atom is -0.353 e. The summed E-state index contributed by atoms with van der Waals surface area (Å²) in [5, 5.41) is 0. The van der Waals surface area contributed by atoms with E-state index in [9.17, 15) is 4.39 Å². The fourth-order valence-electron chi connectivity index (χ4n) is 1.11. The third-order valence-corrected chi connectivity index (χ3v) is 1.52. The molecule has 0 unspecified atom stereocenters. The van der Waals surface area contributed by atoms with Gasteiger partial charge in [0.2, 0.25) is 0 Å². The maximum Gasteiger partial charge on any atom is 0.189 e. The van der Waals surface area contributed by atoms with Crippen LogP contribution in [0.1, 0.15) is 13.8 Å². The predicted molar refractivity (Wildman–Crippen MR) is 36.8 cm³/mol. The van der Waals surface area contributed by atoms with E-state index in [1.165, 1.54) is 7.11 Å². The maximum absolute atomic E-state index is 12.2. The Hall–Kier alpha value is -0.190. The van der Waals surface area contributed by atoms with Gasteiger partial charge in [0.1, 0.15) is 12.8 Å². The van der Waals surface area contributed by atoms with Gasteiger partial charge < -0.3 is 14.2 Å². The minimum atomic E-state index is -0.725. The number of alkyl halides is 1. The molecular weight excluding hydrogens is 151 g/mol. The highest BCUT2D eigenvalue weighted by molar-refractivity contribution is 4.74. The topological polar surface area (TPSA) is 27.7 Å². The summed E-state index contributed by atoms with van der Waals surface area (Å²) in [6.07, 6.45) is -1.16. The molecule has 0 aromatic heterocycles. The van der Waals surface area contributed by atoms with Crippen LogP contribution in [0.3, 0.4) is 0 Å². The molecule has 0 saturated carbocycles. The summed E-state index contributed by atoms with van der Waals surface area (Å²) in [4.78, 5) is 0. The Kier molecular flexibility index (Phi) is 2.47. The number of hydrogen-bond acceptors (Lipinski definition) is 3. The Morgan fingerprint density at radius 1 is 1.45 bits per heavy atom. The van der Waals surface area contributed by atoms with E-state index in [0.717, 1.165) is 0 Å². The second-order valence-electron chi connectivity index (χ2n) is 2.93. The molecule has 11 heavy (non-hydrogen) atoms. The van der Waals surface area contributed by atoms with Crippen molar-refractivity contribution >= 4 is 0 Å². The van der Waals surface area contributed by atoms with Gasteiger partial charge in [-0.2, -0.15) is 0 Å². The van der Waals surface area contributed by atoms with Crippen LogP contribution in [-0.4, -0.2) is 32.0 Å². The average Bonchev–Trinajstić information content (AvgIpc) is 2.25. The molecule has 0 radical (unpaired) electrons. The highest BCUT2D eigenvalue weighted by Gasteiger charge is 2.41. The summed E-state index contributed by atoms with van der Waals surface area (Å²) in [6.45, 7) is 2.88. The van der Waals surface area contributed by atoms with Crippen molar-refractivity contribution in [3.8, 4) is 0 Å². The third kappa shape index (κ3) is 1.89. The van der Waals surface area contributed by atoms with Crippen molar-refractivity contribution in [2.24, 2.45) is 0 Å². The first-order valence-corrected chi connectivity index (χ1v) is 3.53. The maximum atomic E-state index is 12.2. The van der Waals surface area contributed by atoms with E-state index >= 15 is 0 Å². The van der Waals surface area contributed by atoms with Crippen molar-refractivity contribution in [3.63, 3.8) is 0 Å². The number of halogens is 1.